The number of amides is 1. The molecule has 1 aromatic rings. The fraction of sp³-hybridized carbons (Fsp3) is 0.500. The second kappa shape index (κ2) is 6.07. The van der Waals surface area contributed by atoms with Gasteiger partial charge < -0.3 is 10.2 Å². The van der Waals surface area contributed by atoms with Gasteiger partial charge in [-0.3, -0.25) is 14.9 Å². The highest BCUT2D eigenvalue weighted by Crippen LogP contribution is 2.32. The average molecular weight is 295 g/mol. The van der Waals surface area contributed by atoms with E-state index >= 15 is 0 Å². The zero-order valence-corrected chi connectivity index (χ0v) is 12.1. The van der Waals surface area contributed by atoms with Gasteiger partial charge in [0.25, 0.3) is 11.6 Å². The second-order valence-corrected chi connectivity index (χ2v) is 5.14. The van der Waals surface area contributed by atoms with Crippen molar-refractivity contribution < 1.29 is 14.1 Å². The van der Waals surface area contributed by atoms with E-state index < -0.39 is 22.3 Å². The summed E-state index contributed by atoms with van der Waals surface area (Å²) < 4.78 is 13.7. The van der Waals surface area contributed by atoms with E-state index in [1.807, 2.05) is 6.92 Å². The lowest BCUT2D eigenvalue weighted by Gasteiger charge is -2.21. The summed E-state index contributed by atoms with van der Waals surface area (Å²) in [4.78, 5) is 24.4. The van der Waals surface area contributed by atoms with Gasteiger partial charge >= 0.3 is 0 Å². The molecule has 0 unspecified atom stereocenters. The Morgan fingerprint density at radius 3 is 2.67 bits per heavy atom. The highest BCUT2D eigenvalue weighted by molar-refractivity contribution is 5.99. The van der Waals surface area contributed by atoms with Crippen LogP contribution in [0.4, 0.5) is 15.8 Å². The van der Waals surface area contributed by atoms with Crippen LogP contribution in [0.1, 0.15) is 30.1 Å². The van der Waals surface area contributed by atoms with E-state index in [4.69, 9.17) is 0 Å². The number of anilines is 1. The molecular weight excluding hydrogens is 277 g/mol. The van der Waals surface area contributed by atoms with Gasteiger partial charge in [-0.05, 0) is 31.7 Å². The van der Waals surface area contributed by atoms with E-state index in [2.05, 4.69) is 5.32 Å². The normalized spacial score (nSPS) is 13.9. The molecule has 1 aliphatic carbocycles. The smallest absolute Gasteiger partial charge is 0.285 e. The maximum Gasteiger partial charge on any atom is 0.285 e. The number of rotatable bonds is 6. The monoisotopic (exact) mass is 295 g/mol. The van der Waals surface area contributed by atoms with Crippen LogP contribution in [0.15, 0.2) is 12.1 Å². The van der Waals surface area contributed by atoms with Crippen molar-refractivity contribution in [3.05, 3.63) is 33.6 Å². The Hall–Kier alpha value is -2.18. The van der Waals surface area contributed by atoms with Gasteiger partial charge in [-0.1, -0.05) is 0 Å². The zero-order valence-electron chi connectivity index (χ0n) is 12.1. The molecule has 1 amide bonds. The molecule has 6 nitrogen and oxygen atoms in total. The molecule has 0 atom stereocenters. The lowest BCUT2D eigenvalue weighted by Crippen LogP contribution is -2.33. The summed E-state index contributed by atoms with van der Waals surface area (Å²) in [5, 5.41) is 13.7. The van der Waals surface area contributed by atoms with Gasteiger partial charge in [0.1, 0.15) is 5.56 Å². The van der Waals surface area contributed by atoms with Crippen molar-refractivity contribution in [3.8, 4) is 0 Å². The van der Waals surface area contributed by atoms with Crippen LogP contribution in [0.3, 0.4) is 0 Å². The van der Waals surface area contributed by atoms with Crippen LogP contribution < -0.4 is 5.32 Å². The van der Waals surface area contributed by atoms with Crippen LogP contribution >= 0.6 is 0 Å². The Morgan fingerprint density at radius 2 is 2.19 bits per heavy atom. The number of nitrogens with one attached hydrogen (secondary N) is 1. The number of nitrogens with zero attached hydrogens (tertiary/aromatic N) is 2. The number of halogens is 1. The molecule has 7 heteroatoms. The second-order valence-electron chi connectivity index (χ2n) is 5.14. The summed E-state index contributed by atoms with van der Waals surface area (Å²) >= 11 is 0. The summed E-state index contributed by atoms with van der Waals surface area (Å²) in [5.74, 6) is -0.684. The molecule has 0 bridgehead atoms. The maximum absolute atomic E-state index is 13.7. The Labute approximate surface area is 122 Å². The Morgan fingerprint density at radius 1 is 1.52 bits per heavy atom. The topological polar surface area (TPSA) is 75.5 Å². The minimum Gasteiger partial charge on any atom is -0.386 e. The fourth-order valence-electron chi connectivity index (χ4n) is 2.21. The molecule has 0 aliphatic heterocycles. The van der Waals surface area contributed by atoms with Gasteiger partial charge in [0, 0.05) is 20.1 Å². The predicted molar refractivity (Wildman–Crippen MR) is 76.9 cm³/mol. The standard InChI is InChI=1S/C14H18FN3O3/c1-3-17(8-9-4-5-9)14(19)10-6-12(16-2)11(15)7-13(10)18(20)21/h6-7,9,16H,3-5,8H2,1-2H3. The molecule has 0 spiro atoms. The first-order valence-corrected chi connectivity index (χ1v) is 6.92. The van der Waals surface area contributed by atoms with Gasteiger partial charge in [-0.2, -0.15) is 0 Å². The minimum absolute atomic E-state index is 0.0754. The summed E-state index contributed by atoms with van der Waals surface area (Å²) in [7, 11) is 1.50. The molecule has 1 fully saturated rings. The van der Waals surface area contributed by atoms with Crippen molar-refractivity contribution in [2.24, 2.45) is 5.92 Å². The zero-order chi connectivity index (χ0) is 15.6. The van der Waals surface area contributed by atoms with E-state index in [1.165, 1.54) is 13.1 Å². The quantitative estimate of drug-likeness (QED) is 0.646. The molecule has 1 aliphatic rings. The molecule has 1 aromatic carbocycles. The highest BCUT2D eigenvalue weighted by Gasteiger charge is 2.30. The molecule has 2 rings (SSSR count). The van der Waals surface area contributed by atoms with Gasteiger partial charge in [-0.25, -0.2) is 4.39 Å². The molecule has 1 N–H and O–H groups in total. The number of hydrogen-bond acceptors (Lipinski definition) is 4. The first-order valence-electron chi connectivity index (χ1n) is 6.92. The number of nitro benzene ring substituents is 1. The van der Waals surface area contributed by atoms with Gasteiger partial charge in [0.2, 0.25) is 0 Å². The van der Waals surface area contributed by atoms with Crippen LogP contribution in [-0.4, -0.2) is 35.9 Å². The van der Waals surface area contributed by atoms with Crippen LogP contribution in [0.2, 0.25) is 0 Å². The summed E-state index contributed by atoms with van der Waals surface area (Å²) in [6, 6.07) is 2.01. The van der Waals surface area contributed by atoms with Gasteiger partial charge in [-0.15, -0.1) is 0 Å². The van der Waals surface area contributed by atoms with Crippen molar-refractivity contribution in [1.82, 2.24) is 4.90 Å². The summed E-state index contributed by atoms with van der Waals surface area (Å²) in [6.07, 6.45) is 2.16. The van der Waals surface area contributed by atoms with Crippen molar-refractivity contribution in [3.63, 3.8) is 0 Å². The predicted octanol–water partition coefficient (Wildman–Crippen LogP) is 2.65. The van der Waals surface area contributed by atoms with Gasteiger partial charge in [0.15, 0.2) is 5.82 Å². The van der Waals surface area contributed by atoms with Crippen LogP contribution in [0, 0.1) is 21.8 Å². The fourth-order valence-corrected chi connectivity index (χ4v) is 2.21. The van der Waals surface area contributed by atoms with Crippen molar-refractivity contribution in [2.75, 3.05) is 25.5 Å². The first kappa shape index (κ1) is 15.2. The van der Waals surface area contributed by atoms with Crippen molar-refractivity contribution in [1.29, 1.82) is 0 Å². The van der Waals surface area contributed by atoms with E-state index in [0.717, 1.165) is 18.9 Å². The van der Waals surface area contributed by atoms with E-state index in [0.29, 0.717) is 19.0 Å². The molecule has 0 radical (unpaired) electrons. The van der Waals surface area contributed by atoms with Crippen molar-refractivity contribution in [2.45, 2.75) is 19.8 Å². The maximum atomic E-state index is 13.7. The summed E-state index contributed by atoms with van der Waals surface area (Å²) in [6.45, 7) is 2.89. The molecule has 1 saturated carbocycles. The molecule has 114 valence electrons. The molecule has 21 heavy (non-hydrogen) atoms. The number of benzene rings is 1. The lowest BCUT2D eigenvalue weighted by atomic mass is 10.1. The third-order valence-corrected chi connectivity index (χ3v) is 3.63. The SMILES string of the molecule is CCN(CC1CC1)C(=O)c1cc(NC)c(F)cc1[N+](=O)[O-]. The molecule has 0 aromatic heterocycles. The molecule has 0 saturated heterocycles. The average Bonchev–Trinajstić information content (AvgIpc) is 3.27. The van der Waals surface area contributed by atoms with Crippen LogP contribution in [0.5, 0.6) is 0 Å². The van der Waals surface area contributed by atoms with E-state index in [1.54, 1.807) is 4.90 Å². The third-order valence-electron chi connectivity index (χ3n) is 3.63. The Kier molecular flexibility index (Phi) is 4.40. The summed E-state index contributed by atoms with van der Waals surface area (Å²) in [5.41, 5.74) is -0.495. The molecular formula is C14H18FN3O3. The number of carbonyl (C=O) groups is 1. The third kappa shape index (κ3) is 3.29. The number of hydrogen-bond donors (Lipinski definition) is 1. The largest absolute Gasteiger partial charge is 0.386 e. The highest BCUT2D eigenvalue weighted by atomic mass is 19.1. The molecule has 0 heterocycles. The number of carbonyl (C=O) groups excluding carboxylic acids is 1. The van der Waals surface area contributed by atoms with Crippen LogP contribution in [-0.2, 0) is 0 Å². The van der Waals surface area contributed by atoms with Crippen molar-refractivity contribution >= 4 is 17.3 Å². The number of nitro groups is 1. The minimum atomic E-state index is -0.744. The Balaban J connectivity index is 2.38. The van der Waals surface area contributed by atoms with Gasteiger partial charge in [0.05, 0.1) is 16.7 Å². The first-order chi connectivity index (χ1) is 9.97. The van der Waals surface area contributed by atoms with E-state index in [9.17, 15) is 19.3 Å². The lowest BCUT2D eigenvalue weighted by molar-refractivity contribution is -0.385. The van der Waals surface area contributed by atoms with Crippen LogP contribution in [0.25, 0.3) is 0 Å². The van der Waals surface area contributed by atoms with E-state index in [-0.39, 0.29) is 11.3 Å². The Bertz CT molecular complexity index is 573.